The number of carbonyl (C=O) groups excluding carboxylic acids is 1. The van der Waals surface area contributed by atoms with Crippen molar-refractivity contribution in [3.8, 4) is 0 Å². The monoisotopic (exact) mass is 357 g/mol. The fourth-order valence-electron chi connectivity index (χ4n) is 3.10. The third-order valence-electron chi connectivity index (χ3n) is 4.86. The molecular formula is C23H19NO3. The molecule has 0 aliphatic rings. The lowest BCUT2D eigenvalue weighted by molar-refractivity contribution is 0.102. The van der Waals surface area contributed by atoms with E-state index in [2.05, 4.69) is 5.32 Å². The van der Waals surface area contributed by atoms with Gasteiger partial charge in [0.2, 0.25) is 5.43 Å². The predicted molar refractivity (Wildman–Crippen MR) is 109 cm³/mol. The summed E-state index contributed by atoms with van der Waals surface area (Å²) < 4.78 is 5.96. The van der Waals surface area contributed by atoms with Crippen LogP contribution in [0.4, 0.5) is 5.69 Å². The second-order valence-electron chi connectivity index (χ2n) is 6.89. The van der Waals surface area contributed by atoms with Gasteiger partial charge in [-0.2, -0.15) is 0 Å². The minimum atomic E-state index is -0.205. The Morgan fingerprint density at radius 3 is 2.22 bits per heavy atom. The number of anilines is 1. The number of nitrogens with one attached hydrogen (secondary N) is 1. The Morgan fingerprint density at radius 2 is 1.48 bits per heavy atom. The van der Waals surface area contributed by atoms with Crippen LogP contribution in [0.3, 0.4) is 0 Å². The van der Waals surface area contributed by atoms with E-state index in [1.807, 2.05) is 45.0 Å². The molecule has 0 unspecified atom stereocenters. The first kappa shape index (κ1) is 17.0. The Morgan fingerprint density at radius 1 is 0.815 bits per heavy atom. The zero-order valence-corrected chi connectivity index (χ0v) is 15.4. The Balaban J connectivity index is 1.76. The van der Waals surface area contributed by atoms with Crippen LogP contribution in [-0.4, -0.2) is 5.91 Å². The highest BCUT2D eigenvalue weighted by atomic mass is 16.3. The van der Waals surface area contributed by atoms with E-state index in [0.717, 1.165) is 16.7 Å². The molecule has 27 heavy (non-hydrogen) atoms. The molecule has 0 saturated carbocycles. The molecule has 0 aliphatic carbocycles. The third kappa shape index (κ3) is 3.10. The molecule has 0 saturated heterocycles. The molecule has 1 heterocycles. The number of benzene rings is 3. The number of hydrogen-bond donors (Lipinski definition) is 1. The van der Waals surface area contributed by atoms with Crippen molar-refractivity contribution >= 4 is 33.5 Å². The molecule has 1 aromatic heterocycles. The van der Waals surface area contributed by atoms with Crippen molar-refractivity contribution in [1.29, 1.82) is 0 Å². The maximum absolute atomic E-state index is 12.8. The average Bonchev–Trinajstić information content (AvgIpc) is 2.64. The molecule has 0 atom stereocenters. The molecule has 3 aromatic carbocycles. The highest BCUT2D eigenvalue weighted by molar-refractivity contribution is 6.05. The van der Waals surface area contributed by atoms with Crippen LogP contribution in [0.15, 0.2) is 63.8 Å². The Bertz CT molecular complexity index is 1250. The second-order valence-corrected chi connectivity index (χ2v) is 6.89. The summed E-state index contributed by atoms with van der Waals surface area (Å²) in [4.78, 5) is 25.2. The van der Waals surface area contributed by atoms with Gasteiger partial charge in [0.15, 0.2) is 0 Å². The Kier molecular flexibility index (Phi) is 4.04. The molecule has 1 amide bonds. The summed E-state index contributed by atoms with van der Waals surface area (Å²) in [5, 5.41) is 3.93. The van der Waals surface area contributed by atoms with E-state index < -0.39 is 0 Å². The van der Waals surface area contributed by atoms with Crippen LogP contribution >= 0.6 is 0 Å². The molecule has 4 heteroatoms. The fourth-order valence-corrected chi connectivity index (χ4v) is 3.10. The predicted octanol–water partition coefficient (Wildman–Crippen LogP) is 5.12. The van der Waals surface area contributed by atoms with Crippen molar-refractivity contribution in [2.24, 2.45) is 0 Å². The van der Waals surface area contributed by atoms with Crippen LogP contribution in [0.25, 0.3) is 21.9 Å². The van der Waals surface area contributed by atoms with Crippen molar-refractivity contribution in [2.45, 2.75) is 20.8 Å². The summed E-state index contributed by atoms with van der Waals surface area (Å²) in [7, 11) is 0. The van der Waals surface area contributed by atoms with Gasteiger partial charge in [-0.15, -0.1) is 0 Å². The minimum absolute atomic E-state index is 0.0641. The highest BCUT2D eigenvalue weighted by Gasteiger charge is 2.11. The Hall–Kier alpha value is -3.40. The van der Waals surface area contributed by atoms with E-state index in [0.29, 0.717) is 33.2 Å². The van der Waals surface area contributed by atoms with E-state index in [9.17, 15) is 9.59 Å². The molecule has 0 spiro atoms. The van der Waals surface area contributed by atoms with Crippen LogP contribution < -0.4 is 10.7 Å². The van der Waals surface area contributed by atoms with E-state index in [1.165, 1.54) is 0 Å². The fraction of sp³-hybridized carbons (Fsp3) is 0.130. The molecular weight excluding hydrogens is 338 g/mol. The molecule has 0 aliphatic heterocycles. The molecule has 134 valence electrons. The number of aryl methyl sites for hydroxylation is 3. The molecule has 0 radical (unpaired) electrons. The van der Waals surface area contributed by atoms with E-state index >= 15 is 0 Å². The lowest BCUT2D eigenvalue weighted by atomic mass is 10.1. The van der Waals surface area contributed by atoms with Gasteiger partial charge in [-0.25, -0.2) is 0 Å². The lowest BCUT2D eigenvalue weighted by Crippen LogP contribution is -2.12. The quantitative estimate of drug-likeness (QED) is 0.506. The van der Waals surface area contributed by atoms with Crippen LogP contribution in [0.5, 0.6) is 0 Å². The molecule has 1 N–H and O–H groups in total. The zero-order valence-electron chi connectivity index (χ0n) is 15.4. The van der Waals surface area contributed by atoms with E-state index in [1.54, 1.807) is 30.3 Å². The number of amides is 1. The van der Waals surface area contributed by atoms with Gasteiger partial charge in [0.25, 0.3) is 5.91 Å². The number of hydrogen-bond acceptors (Lipinski definition) is 3. The van der Waals surface area contributed by atoms with E-state index in [-0.39, 0.29) is 11.3 Å². The van der Waals surface area contributed by atoms with Crippen LogP contribution in [-0.2, 0) is 0 Å². The number of rotatable bonds is 2. The van der Waals surface area contributed by atoms with Crippen LogP contribution in [0.1, 0.15) is 27.0 Å². The van der Waals surface area contributed by atoms with Gasteiger partial charge >= 0.3 is 0 Å². The SMILES string of the molecule is Cc1ccc(C(=O)Nc2ccc3c(=O)c4cc(C)c(C)cc4oc3c2)cc1. The third-order valence-corrected chi connectivity index (χ3v) is 4.86. The zero-order chi connectivity index (χ0) is 19.1. The van der Waals surface area contributed by atoms with Crippen molar-refractivity contribution in [3.63, 3.8) is 0 Å². The van der Waals surface area contributed by atoms with E-state index in [4.69, 9.17) is 4.42 Å². The normalized spacial score (nSPS) is 11.1. The average molecular weight is 357 g/mol. The molecule has 0 bridgehead atoms. The first-order chi connectivity index (χ1) is 12.9. The largest absolute Gasteiger partial charge is 0.456 e. The number of fused-ring (bicyclic) bond motifs is 2. The van der Waals surface area contributed by atoms with Gasteiger partial charge in [-0.3, -0.25) is 9.59 Å². The van der Waals surface area contributed by atoms with Gasteiger partial charge in [0.05, 0.1) is 10.8 Å². The van der Waals surface area contributed by atoms with Crippen LogP contribution in [0.2, 0.25) is 0 Å². The first-order valence-electron chi connectivity index (χ1n) is 8.78. The van der Waals surface area contributed by atoms with Crippen molar-refractivity contribution in [1.82, 2.24) is 0 Å². The van der Waals surface area contributed by atoms with Crippen molar-refractivity contribution in [2.75, 3.05) is 5.32 Å². The number of carbonyl (C=O) groups is 1. The van der Waals surface area contributed by atoms with Gasteiger partial charge < -0.3 is 9.73 Å². The summed E-state index contributed by atoms with van der Waals surface area (Å²) >= 11 is 0. The lowest BCUT2D eigenvalue weighted by Gasteiger charge is -2.08. The smallest absolute Gasteiger partial charge is 0.255 e. The summed E-state index contributed by atoms with van der Waals surface area (Å²) in [5.41, 5.74) is 5.31. The molecule has 4 rings (SSSR count). The van der Waals surface area contributed by atoms with Crippen LogP contribution in [0, 0.1) is 20.8 Å². The topological polar surface area (TPSA) is 59.3 Å². The Labute approximate surface area is 156 Å². The molecule has 4 aromatic rings. The van der Waals surface area contributed by atoms with Gasteiger partial charge in [-0.1, -0.05) is 17.7 Å². The van der Waals surface area contributed by atoms with Crippen molar-refractivity contribution < 1.29 is 9.21 Å². The maximum atomic E-state index is 12.8. The minimum Gasteiger partial charge on any atom is -0.456 e. The highest BCUT2D eigenvalue weighted by Crippen LogP contribution is 2.24. The van der Waals surface area contributed by atoms with Crippen molar-refractivity contribution in [3.05, 3.63) is 87.1 Å². The summed E-state index contributed by atoms with van der Waals surface area (Å²) in [6, 6.07) is 16.2. The summed E-state index contributed by atoms with van der Waals surface area (Å²) in [5.74, 6) is -0.205. The van der Waals surface area contributed by atoms with Gasteiger partial charge in [-0.05, 0) is 68.3 Å². The maximum Gasteiger partial charge on any atom is 0.255 e. The molecule has 0 fully saturated rings. The summed E-state index contributed by atoms with van der Waals surface area (Å²) in [6.45, 7) is 5.93. The molecule has 4 nitrogen and oxygen atoms in total. The van der Waals surface area contributed by atoms with Gasteiger partial charge in [0, 0.05) is 17.3 Å². The van der Waals surface area contributed by atoms with Gasteiger partial charge in [0.1, 0.15) is 11.2 Å². The first-order valence-corrected chi connectivity index (χ1v) is 8.78. The standard InChI is InChI=1S/C23H19NO3/c1-13-4-6-16(7-5-13)23(26)24-17-8-9-18-21(12-17)27-20-11-15(3)14(2)10-19(20)22(18)25/h4-12H,1-3H3,(H,24,26). The summed E-state index contributed by atoms with van der Waals surface area (Å²) in [6.07, 6.45) is 0. The second kappa shape index (κ2) is 6.40.